The fraction of sp³-hybridized carbons (Fsp3) is 0.238. The molecule has 11 heteroatoms. The summed E-state index contributed by atoms with van der Waals surface area (Å²) in [5.74, 6) is -1.31. The summed E-state index contributed by atoms with van der Waals surface area (Å²) in [6.07, 6.45) is 0.429. The van der Waals surface area contributed by atoms with E-state index in [4.69, 9.17) is 4.74 Å². The first-order valence-electron chi connectivity index (χ1n) is 9.56. The van der Waals surface area contributed by atoms with Crippen molar-refractivity contribution in [3.05, 3.63) is 65.5 Å². The van der Waals surface area contributed by atoms with E-state index in [0.717, 1.165) is 23.9 Å². The summed E-state index contributed by atoms with van der Waals surface area (Å²) < 4.78 is 34.0. The largest absolute Gasteiger partial charge is 0.497 e. The second-order valence-corrected chi connectivity index (χ2v) is 7.57. The summed E-state index contributed by atoms with van der Waals surface area (Å²) in [5, 5.41) is 13.6. The fourth-order valence-corrected chi connectivity index (χ4v) is 3.47. The van der Waals surface area contributed by atoms with Gasteiger partial charge in [0.2, 0.25) is 5.91 Å². The van der Waals surface area contributed by atoms with Gasteiger partial charge < -0.3 is 19.9 Å². The third-order valence-corrected chi connectivity index (χ3v) is 5.49. The normalized spacial score (nSPS) is 10.6. The third kappa shape index (κ3) is 5.82. The topological polar surface area (TPSA) is 98.1 Å². The second kappa shape index (κ2) is 10.7. The molecule has 0 atom stereocenters. The second-order valence-electron chi connectivity index (χ2n) is 6.63. The van der Waals surface area contributed by atoms with Gasteiger partial charge in [-0.25, -0.2) is 8.78 Å². The van der Waals surface area contributed by atoms with Crippen LogP contribution in [0.5, 0.6) is 5.75 Å². The standard InChI is InChI=1S/C21H21F2N5O3S/c1-28-17(10-11-24-20(30)13-6-8-14(31-2)9-7-13)26-27-21(28)32-12-18(29)25-19-15(22)4-3-5-16(19)23/h3-9H,10-12H2,1-2H3,(H,24,30)(H,25,29). The Morgan fingerprint density at radius 3 is 2.44 bits per heavy atom. The minimum Gasteiger partial charge on any atom is -0.497 e. The van der Waals surface area contributed by atoms with Gasteiger partial charge >= 0.3 is 0 Å². The molecule has 0 aliphatic rings. The highest BCUT2D eigenvalue weighted by atomic mass is 32.2. The summed E-state index contributed by atoms with van der Waals surface area (Å²) in [7, 11) is 3.29. The maximum atomic E-state index is 13.6. The number of thioether (sulfide) groups is 1. The number of carbonyl (C=O) groups excluding carboxylic acids is 2. The van der Waals surface area contributed by atoms with Crippen LogP contribution in [0, 0.1) is 11.6 Å². The monoisotopic (exact) mass is 461 g/mol. The van der Waals surface area contributed by atoms with Gasteiger partial charge in [0, 0.05) is 25.6 Å². The Hall–Kier alpha value is -3.47. The van der Waals surface area contributed by atoms with Gasteiger partial charge in [-0.1, -0.05) is 17.8 Å². The average molecular weight is 461 g/mol. The minimum atomic E-state index is -0.846. The lowest BCUT2D eigenvalue weighted by Crippen LogP contribution is -2.26. The predicted octanol–water partition coefficient (Wildman–Crippen LogP) is 2.81. The van der Waals surface area contributed by atoms with E-state index in [-0.39, 0.29) is 11.7 Å². The van der Waals surface area contributed by atoms with Crippen molar-refractivity contribution in [1.82, 2.24) is 20.1 Å². The summed E-state index contributed by atoms with van der Waals surface area (Å²) in [6.45, 7) is 0.342. The zero-order valence-corrected chi connectivity index (χ0v) is 18.2. The van der Waals surface area contributed by atoms with E-state index in [2.05, 4.69) is 20.8 Å². The number of benzene rings is 2. The Balaban J connectivity index is 1.48. The first kappa shape index (κ1) is 23.2. The highest BCUT2D eigenvalue weighted by molar-refractivity contribution is 7.99. The number of methoxy groups -OCH3 is 1. The van der Waals surface area contributed by atoms with Crippen molar-refractivity contribution in [2.24, 2.45) is 7.05 Å². The molecule has 1 heterocycles. The van der Waals surface area contributed by atoms with Crippen molar-refractivity contribution in [3.8, 4) is 5.75 Å². The van der Waals surface area contributed by atoms with Crippen LogP contribution < -0.4 is 15.4 Å². The van der Waals surface area contributed by atoms with Crippen LogP contribution in [-0.4, -0.2) is 46.0 Å². The number of nitrogens with one attached hydrogen (secondary N) is 2. The van der Waals surface area contributed by atoms with Gasteiger partial charge in [0.25, 0.3) is 5.91 Å². The molecule has 8 nitrogen and oxygen atoms in total. The van der Waals surface area contributed by atoms with Crippen molar-refractivity contribution in [1.29, 1.82) is 0 Å². The number of para-hydroxylation sites is 1. The summed E-state index contributed by atoms with van der Waals surface area (Å²) in [6, 6.07) is 10.1. The van der Waals surface area contributed by atoms with Gasteiger partial charge in [0.05, 0.1) is 12.9 Å². The van der Waals surface area contributed by atoms with Crippen LogP contribution in [0.1, 0.15) is 16.2 Å². The SMILES string of the molecule is COc1ccc(C(=O)NCCc2nnc(SCC(=O)Nc3c(F)cccc3F)n2C)cc1. The molecule has 0 unspecified atom stereocenters. The number of rotatable bonds is 9. The van der Waals surface area contributed by atoms with Crippen LogP contribution in [0.2, 0.25) is 0 Å². The first-order valence-corrected chi connectivity index (χ1v) is 10.5. The molecule has 0 spiro atoms. The number of carbonyl (C=O) groups is 2. The zero-order valence-electron chi connectivity index (χ0n) is 17.4. The first-order chi connectivity index (χ1) is 15.4. The number of nitrogens with zero attached hydrogens (tertiary/aromatic N) is 3. The number of hydrogen-bond donors (Lipinski definition) is 2. The maximum absolute atomic E-state index is 13.6. The molecular formula is C21H21F2N5O3S. The maximum Gasteiger partial charge on any atom is 0.251 e. The van der Waals surface area contributed by atoms with Crippen molar-refractivity contribution in [2.75, 3.05) is 24.7 Å². The van der Waals surface area contributed by atoms with E-state index in [0.29, 0.717) is 35.3 Å². The number of hydrogen-bond acceptors (Lipinski definition) is 6. The van der Waals surface area contributed by atoms with Gasteiger partial charge in [0.15, 0.2) is 5.16 Å². The van der Waals surface area contributed by atoms with Gasteiger partial charge in [-0.15, -0.1) is 10.2 Å². The van der Waals surface area contributed by atoms with Crippen LogP contribution in [0.3, 0.4) is 0 Å². The molecule has 3 aromatic rings. The number of anilines is 1. The van der Waals surface area contributed by atoms with Crippen LogP contribution in [0.15, 0.2) is 47.6 Å². The molecule has 0 radical (unpaired) electrons. The highest BCUT2D eigenvalue weighted by Crippen LogP contribution is 2.20. The van der Waals surface area contributed by atoms with Gasteiger partial charge in [-0.2, -0.15) is 0 Å². The fourth-order valence-electron chi connectivity index (χ4n) is 2.74. The van der Waals surface area contributed by atoms with E-state index < -0.39 is 23.2 Å². The molecule has 168 valence electrons. The van der Waals surface area contributed by atoms with E-state index in [9.17, 15) is 18.4 Å². The molecule has 0 fully saturated rings. The molecular weight excluding hydrogens is 440 g/mol. The summed E-state index contributed by atoms with van der Waals surface area (Å²) in [4.78, 5) is 24.3. The molecule has 2 aromatic carbocycles. The van der Waals surface area contributed by atoms with Crippen LogP contribution in [-0.2, 0) is 18.3 Å². The Bertz CT molecular complexity index is 1090. The third-order valence-electron chi connectivity index (χ3n) is 4.47. The van der Waals surface area contributed by atoms with Crippen LogP contribution >= 0.6 is 11.8 Å². The Kier molecular flexibility index (Phi) is 7.77. The predicted molar refractivity (Wildman–Crippen MR) is 116 cm³/mol. The number of ether oxygens (including phenoxy) is 1. The van der Waals surface area contributed by atoms with Crippen molar-refractivity contribution in [2.45, 2.75) is 11.6 Å². The molecule has 0 aliphatic heterocycles. The molecule has 0 saturated heterocycles. The van der Waals surface area contributed by atoms with E-state index in [1.165, 1.54) is 6.07 Å². The van der Waals surface area contributed by atoms with E-state index >= 15 is 0 Å². The van der Waals surface area contributed by atoms with Gasteiger partial charge in [-0.05, 0) is 36.4 Å². The Labute approximate surface area is 187 Å². The molecule has 1 aromatic heterocycles. The van der Waals surface area contributed by atoms with E-state index in [1.807, 2.05) is 0 Å². The van der Waals surface area contributed by atoms with Crippen molar-refractivity contribution < 1.29 is 23.1 Å². The summed E-state index contributed by atoms with van der Waals surface area (Å²) >= 11 is 1.08. The molecule has 2 N–H and O–H groups in total. The lowest BCUT2D eigenvalue weighted by atomic mass is 10.2. The molecule has 2 amide bonds. The van der Waals surface area contributed by atoms with E-state index in [1.54, 1.807) is 43.0 Å². The quantitative estimate of drug-likeness (QED) is 0.476. The zero-order chi connectivity index (χ0) is 23.1. The van der Waals surface area contributed by atoms with Gasteiger partial charge in [-0.3, -0.25) is 9.59 Å². The molecule has 32 heavy (non-hydrogen) atoms. The Morgan fingerprint density at radius 2 is 1.78 bits per heavy atom. The minimum absolute atomic E-state index is 0.103. The molecule has 0 saturated carbocycles. The van der Waals surface area contributed by atoms with Crippen molar-refractivity contribution in [3.63, 3.8) is 0 Å². The highest BCUT2D eigenvalue weighted by Gasteiger charge is 2.15. The molecule has 0 aliphatic carbocycles. The number of halogens is 2. The molecule has 0 bridgehead atoms. The van der Waals surface area contributed by atoms with Crippen LogP contribution in [0.25, 0.3) is 0 Å². The Morgan fingerprint density at radius 1 is 1.09 bits per heavy atom. The summed E-state index contributed by atoms with van der Waals surface area (Å²) in [5.41, 5.74) is 0.0293. The molecule has 3 rings (SSSR count). The lowest BCUT2D eigenvalue weighted by molar-refractivity contribution is -0.113. The number of amides is 2. The number of aromatic nitrogens is 3. The van der Waals surface area contributed by atoms with Gasteiger partial charge in [0.1, 0.15) is 28.9 Å². The smallest absolute Gasteiger partial charge is 0.251 e. The average Bonchev–Trinajstić information content (AvgIpc) is 3.14. The van der Waals surface area contributed by atoms with Crippen LogP contribution in [0.4, 0.5) is 14.5 Å². The van der Waals surface area contributed by atoms with Crippen molar-refractivity contribution >= 4 is 29.3 Å². The lowest BCUT2D eigenvalue weighted by Gasteiger charge is -2.08.